The van der Waals surface area contributed by atoms with Gasteiger partial charge in [-0.2, -0.15) is 0 Å². The Morgan fingerprint density at radius 2 is 2.00 bits per heavy atom. The number of carbonyl (C=O) groups is 1. The summed E-state index contributed by atoms with van der Waals surface area (Å²) in [6.45, 7) is 4.34. The van der Waals surface area contributed by atoms with E-state index in [-0.39, 0.29) is 5.91 Å². The second-order valence-corrected chi connectivity index (χ2v) is 5.76. The number of carbonyl (C=O) groups excluding carboxylic acids is 1. The number of hydrogen-bond donors (Lipinski definition) is 2. The van der Waals surface area contributed by atoms with E-state index >= 15 is 0 Å². The molecule has 1 amide bonds. The number of benzene rings is 1. The molecule has 1 aromatic heterocycles. The highest BCUT2D eigenvalue weighted by Gasteiger charge is 2.26. The molecule has 1 fully saturated rings. The zero-order chi connectivity index (χ0) is 14.1. The van der Waals surface area contributed by atoms with Crippen LogP contribution >= 0.6 is 0 Å². The van der Waals surface area contributed by atoms with Crippen LogP contribution in [0.3, 0.4) is 0 Å². The van der Waals surface area contributed by atoms with E-state index in [1.165, 1.54) is 6.42 Å². The SMILES string of the molecule is CC1CCCC(C)N1NC(=O)c1ccc2[nH]ccc2c1. The third-order valence-corrected chi connectivity index (χ3v) is 4.24. The van der Waals surface area contributed by atoms with Crippen LogP contribution in [0.15, 0.2) is 30.5 Å². The van der Waals surface area contributed by atoms with E-state index < -0.39 is 0 Å². The molecule has 2 atom stereocenters. The number of nitrogens with one attached hydrogen (secondary N) is 2. The molecule has 0 radical (unpaired) electrons. The minimum absolute atomic E-state index is 0.0197. The molecule has 1 saturated heterocycles. The summed E-state index contributed by atoms with van der Waals surface area (Å²) in [7, 11) is 0. The van der Waals surface area contributed by atoms with Crippen LogP contribution in [0, 0.1) is 0 Å². The van der Waals surface area contributed by atoms with Crippen molar-refractivity contribution in [3.8, 4) is 0 Å². The van der Waals surface area contributed by atoms with Crippen LogP contribution in [-0.2, 0) is 0 Å². The standard InChI is InChI=1S/C16H21N3O/c1-11-4-3-5-12(2)19(11)18-16(20)14-6-7-15-13(10-14)8-9-17-15/h6-12,17H,3-5H2,1-2H3,(H,18,20). The maximum atomic E-state index is 12.4. The zero-order valence-electron chi connectivity index (χ0n) is 12.0. The number of fused-ring (bicyclic) bond motifs is 1. The van der Waals surface area contributed by atoms with Crippen LogP contribution in [0.1, 0.15) is 43.5 Å². The summed E-state index contributed by atoms with van der Waals surface area (Å²) in [6, 6.07) is 8.54. The molecule has 2 unspecified atom stereocenters. The first-order valence-electron chi connectivity index (χ1n) is 7.31. The molecule has 1 aliphatic rings. The molecule has 0 spiro atoms. The highest BCUT2D eigenvalue weighted by Crippen LogP contribution is 2.21. The minimum Gasteiger partial charge on any atom is -0.361 e. The Kier molecular flexibility index (Phi) is 3.49. The van der Waals surface area contributed by atoms with Gasteiger partial charge in [-0.25, -0.2) is 5.01 Å². The highest BCUT2D eigenvalue weighted by molar-refractivity contribution is 5.97. The van der Waals surface area contributed by atoms with E-state index in [2.05, 4.69) is 29.3 Å². The van der Waals surface area contributed by atoms with Crippen molar-refractivity contribution in [1.29, 1.82) is 0 Å². The van der Waals surface area contributed by atoms with E-state index in [4.69, 9.17) is 0 Å². The molecule has 4 heteroatoms. The van der Waals surface area contributed by atoms with E-state index in [0.717, 1.165) is 23.7 Å². The lowest BCUT2D eigenvalue weighted by Crippen LogP contribution is -2.54. The number of aromatic nitrogens is 1. The molecule has 4 nitrogen and oxygen atoms in total. The quantitative estimate of drug-likeness (QED) is 0.882. The number of H-pyrrole nitrogens is 1. The lowest BCUT2D eigenvalue weighted by atomic mass is 10.00. The molecule has 0 saturated carbocycles. The largest absolute Gasteiger partial charge is 0.361 e. The van der Waals surface area contributed by atoms with Crippen molar-refractivity contribution in [3.63, 3.8) is 0 Å². The zero-order valence-corrected chi connectivity index (χ0v) is 12.0. The lowest BCUT2D eigenvalue weighted by molar-refractivity contribution is 0.0370. The van der Waals surface area contributed by atoms with Crippen molar-refractivity contribution in [3.05, 3.63) is 36.0 Å². The number of hydrogen-bond acceptors (Lipinski definition) is 2. The first kappa shape index (κ1) is 13.2. The number of nitrogens with zero attached hydrogens (tertiary/aromatic N) is 1. The molecule has 2 heterocycles. The van der Waals surface area contributed by atoms with Crippen LogP contribution in [0.2, 0.25) is 0 Å². The van der Waals surface area contributed by atoms with Crippen molar-refractivity contribution in [2.75, 3.05) is 0 Å². The van der Waals surface area contributed by atoms with E-state index in [1.54, 1.807) is 0 Å². The second-order valence-electron chi connectivity index (χ2n) is 5.76. The van der Waals surface area contributed by atoms with Gasteiger partial charge in [0.25, 0.3) is 5.91 Å². The topological polar surface area (TPSA) is 48.1 Å². The van der Waals surface area contributed by atoms with Gasteiger partial charge in [0.1, 0.15) is 0 Å². The Labute approximate surface area is 119 Å². The van der Waals surface area contributed by atoms with Crippen LogP contribution in [0.25, 0.3) is 10.9 Å². The van der Waals surface area contributed by atoms with Gasteiger partial charge in [-0.15, -0.1) is 0 Å². The van der Waals surface area contributed by atoms with Crippen molar-refractivity contribution >= 4 is 16.8 Å². The molecule has 2 aromatic rings. The van der Waals surface area contributed by atoms with Crippen LogP contribution in [0.4, 0.5) is 0 Å². The van der Waals surface area contributed by atoms with Crippen molar-refractivity contribution in [2.24, 2.45) is 0 Å². The summed E-state index contributed by atoms with van der Waals surface area (Å²) in [5, 5.41) is 3.17. The molecule has 106 valence electrons. The Morgan fingerprint density at radius 1 is 1.25 bits per heavy atom. The Balaban J connectivity index is 1.77. The van der Waals surface area contributed by atoms with Gasteiger partial charge in [0, 0.05) is 34.7 Å². The Hall–Kier alpha value is -1.81. The van der Waals surface area contributed by atoms with Gasteiger partial charge < -0.3 is 4.98 Å². The average molecular weight is 271 g/mol. The molecule has 1 aromatic carbocycles. The number of piperidine rings is 1. The van der Waals surface area contributed by atoms with Gasteiger partial charge in [0.05, 0.1) is 0 Å². The predicted octanol–water partition coefficient (Wildman–Crippen LogP) is 3.08. The van der Waals surface area contributed by atoms with Crippen molar-refractivity contribution in [1.82, 2.24) is 15.4 Å². The molecule has 0 aliphatic carbocycles. The minimum atomic E-state index is -0.0197. The van der Waals surface area contributed by atoms with Gasteiger partial charge in [-0.1, -0.05) is 6.42 Å². The van der Waals surface area contributed by atoms with Crippen molar-refractivity contribution in [2.45, 2.75) is 45.2 Å². The molecule has 20 heavy (non-hydrogen) atoms. The maximum absolute atomic E-state index is 12.4. The summed E-state index contributed by atoms with van der Waals surface area (Å²) in [4.78, 5) is 15.5. The van der Waals surface area contributed by atoms with E-state index in [0.29, 0.717) is 17.6 Å². The maximum Gasteiger partial charge on any atom is 0.265 e. The Morgan fingerprint density at radius 3 is 2.75 bits per heavy atom. The fourth-order valence-electron chi connectivity index (χ4n) is 3.02. The number of hydrazine groups is 1. The van der Waals surface area contributed by atoms with Crippen molar-refractivity contribution < 1.29 is 4.79 Å². The first-order chi connectivity index (χ1) is 9.65. The summed E-state index contributed by atoms with van der Waals surface area (Å²) in [6.07, 6.45) is 5.41. The number of rotatable bonds is 2. The molecule has 2 N–H and O–H groups in total. The first-order valence-corrected chi connectivity index (χ1v) is 7.31. The smallest absolute Gasteiger partial charge is 0.265 e. The fraction of sp³-hybridized carbons (Fsp3) is 0.438. The molecule has 0 bridgehead atoms. The molecule has 1 aliphatic heterocycles. The third kappa shape index (κ3) is 2.43. The second kappa shape index (κ2) is 5.29. The summed E-state index contributed by atoms with van der Waals surface area (Å²) >= 11 is 0. The molecular formula is C16H21N3O. The van der Waals surface area contributed by atoms with Crippen LogP contribution in [0.5, 0.6) is 0 Å². The van der Waals surface area contributed by atoms with E-state index in [1.807, 2.05) is 30.5 Å². The van der Waals surface area contributed by atoms with Crippen LogP contribution in [-0.4, -0.2) is 28.0 Å². The number of aromatic amines is 1. The monoisotopic (exact) mass is 271 g/mol. The summed E-state index contributed by atoms with van der Waals surface area (Å²) < 4.78 is 0. The summed E-state index contributed by atoms with van der Waals surface area (Å²) in [5.74, 6) is -0.0197. The fourth-order valence-corrected chi connectivity index (χ4v) is 3.02. The molecule has 3 rings (SSSR count). The average Bonchev–Trinajstić information content (AvgIpc) is 2.90. The van der Waals surface area contributed by atoms with Gasteiger partial charge in [-0.3, -0.25) is 10.2 Å². The van der Waals surface area contributed by atoms with E-state index in [9.17, 15) is 4.79 Å². The normalized spacial score (nSPS) is 23.9. The van der Waals surface area contributed by atoms with Crippen LogP contribution < -0.4 is 5.43 Å². The number of amides is 1. The summed E-state index contributed by atoms with van der Waals surface area (Å²) in [5.41, 5.74) is 4.84. The van der Waals surface area contributed by atoms with Gasteiger partial charge >= 0.3 is 0 Å². The third-order valence-electron chi connectivity index (χ3n) is 4.24. The van der Waals surface area contributed by atoms with Gasteiger partial charge in [0.2, 0.25) is 0 Å². The predicted molar refractivity (Wildman–Crippen MR) is 80.4 cm³/mol. The highest BCUT2D eigenvalue weighted by atomic mass is 16.2. The van der Waals surface area contributed by atoms with Gasteiger partial charge in [-0.05, 0) is 51.0 Å². The Bertz CT molecular complexity index is 609. The molecular weight excluding hydrogens is 250 g/mol. The van der Waals surface area contributed by atoms with Gasteiger partial charge in [0.15, 0.2) is 0 Å². The lowest BCUT2D eigenvalue weighted by Gasteiger charge is -2.38.